The number of pyridine rings is 1. The van der Waals surface area contributed by atoms with Gasteiger partial charge in [-0.25, -0.2) is 0 Å². The lowest BCUT2D eigenvalue weighted by atomic mass is 9.97. The lowest BCUT2D eigenvalue weighted by Gasteiger charge is -2.22. The minimum Gasteiger partial charge on any atom is -0.353 e. The highest BCUT2D eigenvalue weighted by Gasteiger charge is 2.14. The molecule has 3 rings (SSSR count). The van der Waals surface area contributed by atoms with Crippen molar-refractivity contribution in [3.63, 3.8) is 0 Å². The molecule has 1 aliphatic heterocycles. The van der Waals surface area contributed by atoms with Gasteiger partial charge in [-0.1, -0.05) is 5.46 Å². The van der Waals surface area contributed by atoms with Crippen LogP contribution in [0.2, 0.25) is 0 Å². The molecule has 2 aromatic rings. The number of hydrogen-bond acceptors (Lipinski definition) is 4. The van der Waals surface area contributed by atoms with Gasteiger partial charge in [0.05, 0.1) is 12.1 Å². The van der Waals surface area contributed by atoms with Crippen LogP contribution in [0.3, 0.4) is 0 Å². The quantitative estimate of drug-likeness (QED) is 0.791. The monoisotopic (exact) mass is 259 g/mol. The summed E-state index contributed by atoms with van der Waals surface area (Å²) in [7, 11) is 5.91. The average molecular weight is 259 g/mol. The molecule has 1 fully saturated rings. The first-order valence-corrected chi connectivity index (χ1v) is 7.01. The van der Waals surface area contributed by atoms with Gasteiger partial charge in [-0.2, -0.15) is 0 Å². The predicted octanol–water partition coefficient (Wildman–Crippen LogP) is 2.13. The van der Waals surface area contributed by atoms with Crippen LogP contribution in [0.1, 0.15) is 24.1 Å². The summed E-state index contributed by atoms with van der Waals surface area (Å²) in [6.07, 6.45) is 5.01. The number of fused-ring (bicyclic) bond motifs is 1. The third kappa shape index (κ3) is 2.58. The van der Waals surface area contributed by atoms with Gasteiger partial charge in [0.25, 0.3) is 0 Å². The summed E-state index contributed by atoms with van der Waals surface area (Å²) in [5.41, 5.74) is 1.73. The first-order valence-electron chi connectivity index (χ1n) is 6.19. The van der Waals surface area contributed by atoms with Crippen molar-refractivity contribution in [1.82, 2.24) is 4.98 Å². The maximum Gasteiger partial charge on any atom is 0.158 e. The molecule has 0 aliphatic carbocycles. The maximum absolute atomic E-state index is 5.91. The van der Waals surface area contributed by atoms with Gasteiger partial charge in [-0.05, 0) is 31.4 Å². The lowest BCUT2D eigenvalue weighted by molar-refractivity contribution is -0.168. The molecule has 0 N–H and O–H groups in total. The van der Waals surface area contributed by atoms with E-state index in [0.717, 1.165) is 40.0 Å². The van der Waals surface area contributed by atoms with E-state index in [9.17, 15) is 0 Å². The van der Waals surface area contributed by atoms with E-state index >= 15 is 0 Å². The van der Waals surface area contributed by atoms with Crippen molar-refractivity contribution in [2.75, 3.05) is 6.61 Å². The standard InChI is InChI=1S/C13H14BNO2S/c14-10-4-5-15-11-7-9(18-13(10)11)8-17-12-3-1-2-6-16-12/h4-5,7,12H,1-3,6,8H2. The number of thiophene rings is 1. The van der Waals surface area contributed by atoms with Gasteiger partial charge in [-0.3, -0.25) is 4.98 Å². The van der Waals surface area contributed by atoms with Gasteiger partial charge in [-0.15, -0.1) is 11.3 Å². The number of aromatic nitrogens is 1. The fourth-order valence-electron chi connectivity index (χ4n) is 2.10. The van der Waals surface area contributed by atoms with Crippen molar-refractivity contribution in [3.8, 4) is 0 Å². The lowest BCUT2D eigenvalue weighted by Crippen LogP contribution is -2.21. The van der Waals surface area contributed by atoms with Crippen LogP contribution in [0.25, 0.3) is 10.2 Å². The van der Waals surface area contributed by atoms with Crippen molar-refractivity contribution < 1.29 is 9.47 Å². The highest BCUT2D eigenvalue weighted by atomic mass is 32.1. The summed E-state index contributed by atoms with van der Waals surface area (Å²) in [4.78, 5) is 5.44. The smallest absolute Gasteiger partial charge is 0.158 e. The minimum atomic E-state index is -0.0470. The molecule has 0 saturated carbocycles. The van der Waals surface area contributed by atoms with E-state index in [4.69, 9.17) is 17.3 Å². The molecule has 0 amide bonds. The summed E-state index contributed by atoms with van der Waals surface area (Å²) >= 11 is 1.64. The van der Waals surface area contributed by atoms with E-state index < -0.39 is 0 Å². The average Bonchev–Trinajstić information content (AvgIpc) is 2.82. The van der Waals surface area contributed by atoms with E-state index in [-0.39, 0.29) is 6.29 Å². The fraction of sp³-hybridized carbons (Fsp3) is 0.462. The molecule has 5 heteroatoms. The summed E-state index contributed by atoms with van der Waals surface area (Å²) in [6.45, 7) is 1.39. The zero-order valence-electron chi connectivity index (χ0n) is 10.1. The van der Waals surface area contributed by atoms with Crippen molar-refractivity contribution >= 4 is 34.9 Å². The van der Waals surface area contributed by atoms with Gasteiger partial charge in [0.1, 0.15) is 7.85 Å². The number of nitrogens with zero attached hydrogens (tertiary/aromatic N) is 1. The largest absolute Gasteiger partial charge is 0.353 e. The third-order valence-corrected chi connectivity index (χ3v) is 4.19. The Kier molecular flexibility index (Phi) is 3.63. The van der Waals surface area contributed by atoms with Crippen molar-refractivity contribution in [2.24, 2.45) is 0 Å². The van der Waals surface area contributed by atoms with Gasteiger partial charge in [0.2, 0.25) is 0 Å². The van der Waals surface area contributed by atoms with Crippen LogP contribution in [-0.4, -0.2) is 25.7 Å². The molecule has 1 unspecified atom stereocenters. The summed E-state index contributed by atoms with van der Waals surface area (Å²) in [5.74, 6) is 0. The van der Waals surface area contributed by atoms with Crippen LogP contribution < -0.4 is 5.46 Å². The normalized spacial score (nSPS) is 20.3. The molecule has 18 heavy (non-hydrogen) atoms. The number of hydrogen-bond donors (Lipinski definition) is 0. The van der Waals surface area contributed by atoms with Crippen LogP contribution in [-0.2, 0) is 16.1 Å². The molecule has 1 aliphatic rings. The molecule has 0 bridgehead atoms. The summed E-state index contributed by atoms with van der Waals surface area (Å²) < 4.78 is 12.3. The minimum absolute atomic E-state index is 0.0470. The molecule has 1 saturated heterocycles. The van der Waals surface area contributed by atoms with Crippen molar-refractivity contribution in [1.29, 1.82) is 0 Å². The Labute approximate surface area is 112 Å². The molecule has 3 heterocycles. The van der Waals surface area contributed by atoms with Crippen molar-refractivity contribution in [3.05, 3.63) is 23.2 Å². The van der Waals surface area contributed by atoms with Crippen molar-refractivity contribution in [2.45, 2.75) is 32.2 Å². The second kappa shape index (κ2) is 5.39. The number of ether oxygens (including phenoxy) is 2. The molecule has 1 atom stereocenters. The SMILES string of the molecule is [B]c1ccnc2cc(COC3CCCCO3)sc12. The van der Waals surface area contributed by atoms with Crippen LogP contribution in [0.5, 0.6) is 0 Å². The van der Waals surface area contributed by atoms with Crippen LogP contribution in [0, 0.1) is 0 Å². The van der Waals surface area contributed by atoms with E-state index in [0.29, 0.717) is 6.61 Å². The maximum atomic E-state index is 5.91. The highest BCUT2D eigenvalue weighted by Crippen LogP contribution is 2.24. The molecular weight excluding hydrogens is 245 g/mol. The Balaban J connectivity index is 1.69. The second-order valence-electron chi connectivity index (χ2n) is 4.43. The Morgan fingerprint density at radius 3 is 3.22 bits per heavy atom. The Bertz CT molecular complexity index is 537. The molecule has 2 aromatic heterocycles. The van der Waals surface area contributed by atoms with E-state index in [1.165, 1.54) is 6.42 Å². The Morgan fingerprint density at radius 2 is 2.44 bits per heavy atom. The van der Waals surface area contributed by atoms with Crippen LogP contribution in [0.4, 0.5) is 0 Å². The highest BCUT2D eigenvalue weighted by molar-refractivity contribution is 7.20. The zero-order chi connectivity index (χ0) is 12.4. The Hall–Kier alpha value is -0.905. The second-order valence-corrected chi connectivity index (χ2v) is 5.57. The van der Waals surface area contributed by atoms with Gasteiger partial charge in [0, 0.05) is 22.4 Å². The van der Waals surface area contributed by atoms with Crippen LogP contribution >= 0.6 is 11.3 Å². The van der Waals surface area contributed by atoms with E-state index in [1.54, 1.807) is 17.5 Å². The molecule has 2 radical (unpaired) electrons. The molecule has 3 nitrogen and oxygen atoms in total. The summed E-state index contributed by atoms with van der Waals surface area (Å²) in [6, 6.07) is 3.87. The van der Waals surface area contributed by atoms with Gasteiger partial charge >= 0.3 is 0 Å². The third-order valence-electron chi connectivity index (χ3n) is 3.04. The topological polar surface area (TPSA) is 31.4 Å². The number of rotatable bonds is 3. The fourth-order valence-corrected chi connectivity index (χ4v) is 3.06. The van der Waals surface area contributed by atoms with Gasteiger partial charge in [0.15, 0.2) is 6.29 Å². The molecule has 92 valence electrons. The Morgan fingerprint density at radius 1 is 1.50 bits per heavy atom. The van der Waals surface area contributed by atoms with E-state index in [1.807, 2.05) is 12.1 Å². The zero-order valence-corrected chi connectivity index (χ0v) is 10.9. The predicted molar refractivity (Wildman–Crippen MR) is 73.4 cm³/mol. The molecular formula is C13H14BNO2S. The van der Waals surface area contributed by atoms with Gasteiger partial charge < -0.3 is 9.47 Å². The van der Waals surface area contributed by atoms with Crippen LogP contribution in [0.15, 0.2) is 18.3 Å². The summed E-state index contributed by atoms with van der Waals surface area (Å²) in [5, 5.41) is 0. The first-order chi connectivity index (χ1) is 8.83. The first kappa shape index (κ1) is 12.1. The molecule has 0 aromatic carbocycles. The molecule has 0 spiro atoms. The van der Waals surface area contributed by atoms with E-state index in [2.05, 4.69) is 4.98 Å².